The molecule has 0 unspecified atom stereocenters. The van der Waals surface area contributed by atoms with E-state index in [1.807, 2.05) is 31.2 Å². The number of piperidine rings is 1. The highest BCUT2D eigenvalue weighted by Gasteiger charge is 2.30. The summed E-state index contributed by atoms with van der Waals surface area (Å²) in [5.74, 6) is -1.15. The van der Waals surface area contributed by atoms with Crippen molar-refractivity contribution in [1.82, 2.24) is 5.32 Å². The molecule has 1 aliphatic rings. The Morgan fingerprint density at radius 2 is 2.29 bits per heavy atom. The van der Waals surface area contributed by atoms with Crippen molar-refractivity contribution in [3.05, 3.63) is 35.4 Å². The number of aryl methyl sites for hydroxylation is 1. The van der Waals surface area contributed by atoms with Gasteiger partial charge in [-0.1, -0.05) is 36.2 Å². The molecular weight excluding hydrogens is 214 g/mol. The summed E-state index contributed by atoms with van der Waals surface area (Å²) in [6.45, 7) is 2.93. The Kier molecular flexibility index (Phi) is 3.79. The van der Waals surface area contributed by atoms with Crippen LogP contribution in [-0.2, 0) is 4.79 Å². The zero-order valence-corrected chi connectivity index (χ0v) is 10.1. The summed E-state index contributed by atoms with van der Waals surface area (Å²) in [6, 6.07) is 7.90. The fourth-order valence-electron chi connectivity index (χ4n) is 2.57. The standard InChI is InChI=1S/C14H19NO2/c1-10-5-4-6-11(9-10)13(14(16)17)12-7-2-3-8-15-12/h4-6,9,12-13,15H,2-3,7-8H2,1H3,(H,16,17)/t12-,13-/m0/s1. The predicted octanol–water partition coefficient (Wildman–Crippen LogP) is 2.31. The number of hydrogen-bond donors (Lipinski definition) is 2. The smallest absolute Gasteiger partial charge is 0.312 e. The molecule has 0 radical (unpaired) electrons. The second kappa shape index (κ2) is 5.32. The molecule has 3 heteroatoms. The number of benzene rings is 1. The van der Waals surface area contributed by atoms with Gasteiger partial charge in [0, 0.05) is 6.04 Å². The molecule has 0 aliphatic carbocycles. The van der Waals surface area contributed by atoms with E-state index in [0.29, 0.717) is 0 Å². The Morgan fingerprint density at radius 3 is 2.88 bits per heavy atom. The van der Waals surface area contributed by atoms with E-state index in [1.165, 1.54) is 0 Å². The molecule has 1 fully saturated rings. The van der Waals surface area contributed by atoms with Gasteiger partial charge in [0.1, 0.15) is 0 Å². The summed E-state index contributed by atoms with van der Waals surface area (Å²) >= 11 is 0. The third kappa shape index (κ3) is 2.86. The van der Waals surface area contributed by atoms with Crippen molar-refractivity contribution < 1.29 is 9.90 Å². The van der Waals surface area contributed by atoms with E-state index >= 15 is 0 Å². The van der Waals surface area contributed by atoms with Gasteiger partial charge in [-0.25, -0.2) is 0 Å². The Labute approximate surface area is 102 Å². The summed E-state index contributed by atoms with van der Waals surface area (Å²) in [4.78, 5) is 11.5. The zero-order valence-electron chi connectivity index (χ0n) is 10.1. The lowest BCUT2D eigenvalue weighted by Gasteiger charge is -2.29. The second-order valence-corrected chi connectivity index (χ2v) is 4.79. The molecule has 2 rings (SSSR count). The average molecular weight is 233 g/mol. The molecule has 1 aromatic carbocycles. The van der Waals surface area contributed by atoms with E-state index in [1.54, 1.807) is 0 Å². The maximum absolute atomic E-state index is 11.5. The van der Waals surface area contributed by atoms with Gasteiger partial charge in [0.15, 0.2) is 0 Å². The van der Waals surface area contributed by atoms with Gasteiger partial charge in [-0.3, -0.25) is 4.79 Å². The number of hydrogen-bond acceptors (Lipinski definition) is 2. The molecule has 2 atom stereocenters. The van der Waals surface area contributed by atoms with E-state index < -0.39 is 11.9 Å². The summed E-state index contributed by atoms with van der Waals surface area (Å²) < 4.78 is 0. The zero-order chi connectivity index (χ0) is 12.3. The fraction of sp³-hybridized carbons (Fsp3) is 0.500. The van der Waals surface area contributed by atoms with E-state index in [4.69, 9.17) is 0 Å². The van der Waals surface area contributed by atoms with E-state index in [-0.39, 0.29) is 6.04 Å². The normalized spacial score (nSPS) is 22.1. The molecule has 0 saturated carbocycles. The summed E-state index contributed by atoms with van der Waals surface area (Å²) in [5.41, 5.74) is 2.03. The first-order valence-electron chi connectivity index (χ1n) is 6.21. The van der Waals surface area contributed by atoms with Crippen LogP contribution in [0.25, 0.3) is 0 Å². The van der Waals surface area contributed by atoms with Gasteiger partial charge in [-0.15, -0.1) is 0 Å². The van der Waals surface area contributed by atoms with Crippen LogP contribution in [0.2, 0.25) is 0 Å². The Morgan fingerprint density at radius 1 is 1.47 bits per heavy atom. The van der Waals surface area contributed by atoms with Crippen molar-refractivity contribution in [2.24, 2.45) is 0 Å². The van der Waals surface area contributed by atoms with E-state index in [2.05, 4.69) is 5.32 Å². The Bertz CT molecular complexity index is 397. The predicted molar refractivity (Wildman–Crippen MR) is 67.2 cm³/mol. The van der Waals surface area contributed by atoms with Gasteiger partial charge in [0.05, 0.1) is 5.92 Å². The van der Waals surface area contributed by atoms with Gasteiger partial charge in [0.2, 0.25) is 0 Å². The number of carboxylic acids is 1. The van der Waals surface area contributed by atoms with Crippen LogP contribution in [0.3, 0.4) is 0 Å². The Hall–Kier alpha value is -1.35. The molecular formula is C14H19NO2. The lowest BCUT2D eigenvalue weighted by molar-refractivity contribution is -0.139. The molecule has 0 bridgehead atoms. The monoisotopic (exact) mass is 233 g/mol. The first-order valence-corrected chi connectivity index (χ1v) is 6.21. The number of carboxylic acid groups (broad SMARTS) is 1. The minimum absolute atomic E-state index is 0.0723. The van der Waals surface area contributed by atoms with Crippen LogP contribution in [-0.4, -0.2) is 23.7 Å². The largest absolute Gasteiger partial charge is 0.481 e. The highest BCUT2D eigenvalue weighted by atomic mass is 16.4. The van der Waals surface area contributed by atoms with Gasteiger partial charge < -0.3 is 10.4 Å². The van der Waals surface area contributed by atoms with Gasteiger partial charge in [0.25, 0.3) is 0 Å². The van der Waals surface area contributed by atoms with Crippen molar-refractivity contribution in [2.45, 2.75) is 38.1 Å². The molecule has 1 aliphatic heterocycles. The third-order valence-electron chi connectivity index (χ3n) is 3.42. The highest BCUT2D eigenvalue weighted by Crippen LogP contribution is 2.26. The molecule has 3 nitrogen and oxygen atoms in total. The van der Waals surface area contributed by atoms with Crippen LogP contribution in [0.4, 0.5) is 0 Å². The maximum Gasteiger partial charge on any atom is 0.312 e. The number of aliphatic carboxylic acids is 1. The van der Waals surface area contributed by atoms with E-state index in [9.17, 15) is 9.90 Å². The molecule has 1 heterocycles. The molecule has 1 aromatic rings. The van der Waals surface area contributed by atoms with Crippen LogP contribution in [0.5, 0.6) is 0 Å². The quantitative estimate of drug-likeness (QED) is 0.842. The number of rotatable bonds is 3. The SMILES string of the molecule is Cc1cccc([C@H](C(=O)O)[C@@H]2CCCCN2)c1. The van der Waals surface area contributed by atoms with Crippen molar-refractivity contribution in [3.63, 3.8) is 0 Å². The van der Waals surface area contributed by atoms with Crippen LogP contribution in [0, 0.1) is 6.92 Å². The molecule has 2 N–H and O–H groups in total. The number of nitrogens with one attached hydrogen (secondary N) is 1. The summed E-state index contributed by atoms with van der Waals surface area (Å²) in [7, 11) is 0. The molecule has 17 heavy (non-hydrogen) atoms. The molecule has 1 saturated heterocycles. The molecule has 0 amide bonds. The van der Waals surface area contributed by atoms with Crippen molar-refractivity contribution in [3.8, 4) is 0 Å². The Balaban J connectivity index is 2.25. The van der Waals surface area contributed by atoms with Crippen LogP contribution in [0.15, 0.2) is 24.3 Å². The van der Waals surface area contributed by atoms with Crippen LogP contribution >= 0.6 is 0 Å². The van der Waals surface area contributed by atoms with Crippen LogP contribution < -0.4 is 5.32 Å². The maximum atomic E-state index is 11.5. The summed E-state index contributed by atoms with van der Waals surface area (Å²) in [6.07, 6.45) is 3.22. The van der Waals surface area contributed by atoms with Gasteiger partial charge in [-0.05, 0) is 31.9 Å². The van der Waals surface area contributed by atoms with Gasteiger partial charge >= 0.3 is 5.97 Å². The minimum atomic E-state index is -0.727. The second-order valence-electron chi connectivity index (χ2n) is 4.79. The molecule has 0 aromatic heterocycles. The molecule has 92 valence electrons. The summed E-state index contributed by atoms with van der Waals surface area (Å²) in [5, 5.41) is 12.8. The third-order valence-corrected chi connectivity index (χ3v) is 3.42. The lowest BCUT2D eigenvalue weighted by Crippen LogP contribution is -2.41. The minimum Gasteiger partial charge on any atom is -0.481 e. The highest BCUT2D eigenvalue weighted by molar-refractivity contribution is 5.77. The van der Waals surface area contributed by atoms with Crippen molar-refractivity contribution in [2.75, 3.05) is 6.54 Å². The van der Waals surface area contributed by atoms with E-state index in [0.717, 1.165) is 36.9 Å². The fourth-order valence-corrected chi connectivity index (χ4v) is 2.57. The topological polar surface area (TPSA) is 49.3 Å². The first-order chi connectivity index (χ1) is 8.18. The van der Waals surface area contributed by atoms with Crippen LogP contribution in [0.1, 0.15) is 36.3 Å². The number of carbonyl (C=O) groups is 1. The first kappa shape index (κ1) is 12.1. The van der Waals surface area contributed by atoms with Crippen molar-refractivity contribution >= 4 is 5.97 Å². The lowest BCUT2D eigenvalue weighted by atomic mass is 9.86. The van der Waals surface area contributed by atoms with Crippen molar-refractivity contribution in [1.29, 1.82) is 0 Å². The van der Waals surface area contributed by atoms with Gasteiger partial charge in [-0.2, -0.15) is 0 Å². The average Bonchev–Trinajstić information content (AvgIpc) is 2.30. The molecule has 0 spiro atoms.